The maximum atomic E-state index is 9.98. The van der Waals surface area contributed by atoms with E-state index in [1.165, 1.54) is 13.8 Å². The van der Waals surface area contributed by atoms with E-state index in [4.69, 9.17) is 15.1 Å². The van der Waals surface area contributed by atoms with Crippen LogP contribution < -0.4 is 20.2 Å². The largest absolute Gasteiger partial charge is 2.00 e. The van der Waals surface area contributed by atoms with Crippen molar-refractivity contribution in [2.45, 2.75) is 13.8 Å². The molecule has 0 fully saturated rings. The van der Waals surface area contributed by atoms with Gasteiger partial charge in [-0.25, -0.2) is 0 Å². The smallest absolute Gasteiger partial charge is 0.907 e. The Hall–Kier alpha value is 0.402. The van der Waals surface area contributed by atoms with Crippen LogP contribution in [0.4, 0.5) is 0 Å². The molecule has 0 unspecified atom stereocenters. The monoisotopic (exact) mass is 286 g/mol. The van der Waals surface area contributed by atoms with Gasteiger partial charge in [-0.15, -0.1) is 5.76 Å². The van der Waals surface area contributed by atoms with Gasteiger partial charge in [-0.1, -0.05) is 6.92 Å². The van der Waals surface area contributed by atoms with E-state index in [0.29, 0.717) is 0 Å². The normalized spacial score (nSPS) is 8.23. The topological polar surface area (TPSA) is 109 Å². The first-order valence-corrected chi connectivity index (χ1v) is 2.69. The molecule has 0 atom stereocenters. The third-order valence-electron chi connectivity index (χ3n) is 0.407. The van der Waals surface area contributed by atoms with E-state index in [9.17, 15) is 9.90 Å². The number of hydrogen-bond donors (Lipinski definition) is 0. The van der Waals surface area contributed by atoms with Gasteiger partial charge in [-0.2, -0.15) is 0 Å². The molecule has 0 spiro atoms. The number of allylic oxidation sites excluding steroid dienone is 2. The third kappa shape index (κ3) is 69.3. The molecule has 0 saturated carbocycles. The van der Waals surface area contributed by atoms with Crippen molar-refractivity contribution in [2.24, 2.45) is 0 Å². The minimum atomic E-state index is -2.92. The maximum Gasteiger partial charge on any atom is 2.00 e. The van der Waals surface area contributed by atoms with Crippen LogP contribution in [0.25, 0.3) is 0 Å². The molecular weight excluding hydrogens is 282 g/mol. The average Bonchev–Trinajstić information content (AvgIpc) is 1.56. The molecule has 0 rings (SSSR count). The number of hydrogen-bond acceptors (Lipinski definition) is 5. The molecule has 0 aromatic heterocycles. The summed E-state index contributed by atoms with van der Waals surface area (Å²) in [5, 5.41) is 35.2. The summed E-state index contributed by atoms with van der Waals surface area (Å²) in [6.45, 7) is 2.70. The standard InChI is InChI=1S/C5H8O2.BO3.2Zn/c1-4(6)3-5(2)7;2-1(3)4;;/h3,6H,1-2H3;;;/q;-3;2*+2/p-1/b4-3-;;;. The van der Waals surface area contributed by atoms with Crippen molar-refractivity contribution in [1.29, 1.82) is 0 Å². The summed E-state index contributed by atoms with van der Waals surface area (Å²) in [6, 6.07) is 0. The Morgan fingerprint density at radius 1 is 1.15 bits per heavy atom. The van der Waals surface area contributed by atoms with Crippen molar-refractivity contribution in [1.82, 2.24) is 0 Å². The molecule has 5 nitrogen and oxygen atoms in total. The van der Waals surface area contributed by atoms with Crippen molar-refractivity contribution in [2.75, 3.05) is 0 Å². The summed E-state index contributed by atoms with van der Waals surface area (Å²) >= 11 is 0. The second kappa shape index (κ2) is 14.9. The molecule has 64 valence electrons. The molecule has 0 amide bonds. The number of carbonyl (C=O) groups excluding carboxylic acids is 1. The van der Waals surface area contributed by atoms with Crippen LogP contribution in [-0.4, -0.2) is 13.1 Å². The second-order valence-electron chi connectivity index (χ2n) is 1.65. The summed E-state index contributed by atoms with van der Waals surface area (Å²) in [4.78, 5) is 9.98. The van der Waals surface area contributed by atoms with Gasteiger partial charge in [0, 0.05) is 0 Å². The van der Waals surface area contributed by atoms with Gasteiger partial charge < -0.3 is 20.2 Å². The van der Waals surface area contributed by atoms with E-state index in [1.54, 1.807) is 0 Å². The first kappa shape index (κ1) is 23.3. The average molecular weight is 289 g/mol. The van der Waals surface area contributed by atoms with E-state index in [-0.39, 0.29) is 50.5 Å². The molecule has 0 aliphatic heterocycles. The van der Waals surface area contributed by atoms with Gasteiger partial charge in [0.1, 0.15) is 0 Å². The SMILES string of the molecule is CC(=O)/C=C(/C)[O-].[O-]B([O-])[O-].[Zn+2].[Zn+2]. The molecule has 0 aromatic rings. The van der Waals surface area contributed by atoms with Crippen molar-refractivity contribution < 1.29 is 63.9 Å². The Kier molecular flexibility index (Phi) is 26.7. The van der Waals surface area contributed by atoms with E-state index in [1.807, 2.05) is 0 Å². The fourth-order valence-corrected chi connectivity index (χ4v) is 0.286. The van der Waals surface area contributed by atoms with Crippen molar-refractivity contribution in [3.63, 3.8) is 0 Å². The van der Waals surface area contributed by atoms with Gasteiger partial charge in [0.15, 0.2) is 5.78 Å². The van der Waals surface area contributed by atoms with E-state index < -0.39 is 7.32 Å². The zero-order valence-corrected chi connectivity index (χ0v) is 13.5. The molecule has 0 aliphatic carbocycles. The molecule has 0 saturated heterocycles. The molecule has 0 aliphatic rings. The van der Waals surface area contributed by atoms with Crippen LogP contribution >= 0.6 is 0 Å². The first-order chi connectivity index (χ1) is 4.86. The first-order valence-electron chi connectivity index (χ1n) is 2.69. The van der Waals surface area contributed by atoms with Crippen LogP contribution in [0.3, 0.4) is 0 Å². The predicted molar refractivity (Wildman–Crippen MR) is 30.2 cm³/mol. The van der Waals surface area contributed by atoms with Gasteiger partial charge in [0.2, 0.25) is 0 Å². The molecular formula is C5H7BO5Zn2. The van der Waals surface area contributed by atoms with Crippen LogP contribution in [0.15, 0.2) is 11.8 Å². The molecule has 0 radical (unpaired) electrons. The minimum Gasteiger partial charge on any atom is -0.907 e. The predicted octanol–water partition coefficient (Wildman–Crippen LogP) is -4.11. The second-order valence-corrected chi connectivity index (χ2v) is 1.65. The van der Waals surface area contributed by atoms with Crippen molar-refractivity contribution in [3.05, 3.63) is 11.8 Å². The summed E-state index contributed by atoms with van der Waals surface area (Å²) in [7, 11) is -2.92. The van der Waals surface area contributed by atoms with E-state index in [2.05, 4.69) is 0 Å². The van der Waals surface area contributed by atoms with Crippen molar-refractivity contribution in [3.8, 4) is 0 Å². The van der Waals surface area contributed by atoms with Gasteiger partial charge in [0.05, 0.1) is 0 Å². The van der Waals surface area contributed by atoms with Crippen LogP contribution in [-0.2, 0) is 43.8 Å². The quantitative estimate of drug-likeness (QED) is 0.277. The Morgan fingerprint density at radius 3 is 1.38 bits per heavy atom. The Bertz CT molecular complexity index is 143. The maximum absolute atomic E-state index is 9.98. The number of carbonyl (C=O) groups is 1. The summed E-state index contributed by atoms with van der Waals surface area (Å²) in [6.07, 6.45) is 1.06. The Balaban J connectivity index is -0.0000000600. The summed E-state index contributed by atoms with van der Waals surface area (Å²) in [5.74, 6) is -0.375. The minimum absolute atomic E-state index is 0. The van der Waals surface area contributed by atoms with E-state index in [0.717, 1.165) is 6.08 Å². The van der Waals surface area contributed by atoms with Crippen molar-refractivity contribution >= 4 is 13.1 Å². The molecule has 0 heterocycles. The van der Waals surface area contributed by atoms with Crippen LogP contribution in [0, 0.1) is 0 Å². The molecule has 0 N–H and O–H groups in total. The fraction of sp³-hybridized carbons (Fsp3) is 0.400. The molecule has 0 aromatic carbocycles. The van der Waals surface area contributed by atoms with Gasteiger partial charge >= 0.3 is 39.0 Å². The summed E-state index contributed by atoms with van der Waals surface area (Å²) in [5.41, 5.74) is 0. The van der Waals surface area contributed by atoms with Crippen LogP contribution in [0.5, 0.6) is 0 Å². The Labute approximate surface area is 103 Å². The zero-order valence-electron chi connectivity index (χ0n) is 7.61. The van der Waals surface area contributed by atoms with Crippen LogP contribution in [0.1, 0.15) is 13.8 Å². The van der Waals surface area contributed by atoms with Gasteiger partial charge in [-0.05, 0) is 13.0 Å². The fourth-order valence-electron chi connectivity index (χ4n) is 0.286. The number of rotatable bonds is 1. The van der Waals surface area contributed by atoms with Gasteiger partial charge in [-0.3, -0.25) is 12.1 Å². The Morgan fingerprint density at radius 2 is 1.38 bits per heavy atom. The van der Waals surface area contributed by atoms with E-state index >= 15 is 0 Å². The molecule has 8 heteroatoms. The number of ketones is 1. The van der Waals surface area contributed by atoms with Gasteiger partial charge in [0.25, 0.3) is 0 Å². The zero-order chi connectivity index (χ0) is 9.44. The molecule has 13 heavy (non-hydrogen) atoms. The molecule has 0 bridgehead atoms. The summed E-state index contributed by atoms with van der Waals surface area (Å²) < 4.78 is 0. The third-order valence-corrected chi connectivity index (χ3v) is 0.407. The van der Waals surface area contributed by atoms with Crippen LogP contribution in [0.2, 0.25) is 0 Å².